The number of rotatable bonds is 5. The minimum Gasteiger partial charge on any atom is -0.493 e. The van der Waals surface area contributed by atoms with E-state index >= 15 is 0 Å². The largest absolute Gasteiger partial charge is 0.493 e. The molecule has 20 heavy (non-hydrogen) atoms. The fourth-order valence-electron chi connectivity index (χ4n) is 2.18. The molecule has 1 heterocycles. The van der Waals surface area contributed by atoms with Crippen LogP contribution in [0.5, 0.6) is 5.75 Å². The quantitative estimate of drug-likeness (QED) is 0.914. The van der Waals surface area contributed by atoms with E-state index in [1.807, 2.05) is 13.8 Å². The van der Waals surface area contributed by atoms with Gasteiger partial charge in [-0.25, -0.2) is 4.39 Å². The molecule has 0 spiro atoms. The summed E-state index contributed by atoms with van der Waals surface area (Å²) in [6.07, 6.45) is 1.23. The van der Waals surface area contributed by atoms with E-state index in [2.05, 4.69) is 5.10 Å². The molecule has 1 N–H and O–H groups in total. The van der Waals surface area contributed by atoms with E-state index in [0.29, 0.717) is 17.9 Å². The van der Waals surface area contributed by atoms with Crippen molar-refractivity contribution in [2.45, 2.75) is 32.4 Å². The summed E-state index contributed by atoms with van der Waals surface area (Å²) in [4.78, 5) is 0. The van der Waals surface area contributed by atoms with E-state index < -0.39 is 6.10 Å². The Kier molecular flexibility index (Phi) is 4.39. The van der Waals surface area contributed by atoms with Crippen molar-refractivity contribution in [2.24, 2.45) is 0 Å². The molecule has 1 atom stereocenters. The molecule has 0 fully saturated rings. The third kappa shape index (κ3) is 2.99. The van der Waals surface area contributed by atoms with Gasteiger partial charge in [0.1, 0.15) is 17.6 Å². The van der Waals surface area contributed by atoms with Crippen molar-refractivity contribution in [3.8, 4) is 5.75 Å². The zero-order valence-corrected chi connectivity index (χ0v) is 11.9. The Balaban J connectivity index is 2.26. The van der Waals surface area contributed by atoms with Crippen LogP contribution in [0.15, 0.2) is 30.5 Å². The molecule has 1 unspecified atom stereocenters. The molecular weight excluding hydrogens is 259 g/mol. The fourth-order valence-corrected chi connectivity index (χ4v) is 2.18. The zero-order chi connectivity index (χ0) is 14.7. The first kappa shape index (κ1) is 14.5. The van der Waals surface area contributed by atoms with Crippen molar-refractivity contribution in [1.29, 1.82) is 0 Å². The Hall–Kier alpha value is -1.88. The number of aromatic nitrogens is 2. The summed E-state index contributed by atoms with van der Waals surface area (Å²) >= 11 is 0. The van der Waals surface area contributed by atoms with Crippen molar-refractivity contribution in [2.75, 3.05) is 7.11 Å². The van der Waals surface area contributed by atoms with E-state index in [0.717, 1.165) is 5.56 Å². The summed E-state index contributed by atoms with van der Waals surface area (Å²) in [5.74, 6) is 0.279. The normalized spacial score (nSPS) is 12.7. The summed E-state index contributed by atoms with van der Waals surface area (Å²) in [5.41, 5.74) is 1.50. The molecule has 1 aromatic heterocycles. The van der Waals surface area contributed by atoms with Crippen LogP contribution in [0, 0.1) is 5.82 Å². The molecule has 2 rings (SSSR count). The standard InChI is InChI=1S/C15H19FN2O2/c1-10(2)18-15(14(20-3)9-17-18)13(19)8-11-4-6-12(16)7-5-11/h4-7,9-10,13,19H,8H2,1-3H3. The minimum absolute atomic E-state index is 0.122. The predicted octanol–water partition coefficient (Wildman–Crippen LogP) is 2.89. The Bertz CT molecular complexity index is 564. The first-order valence-corrected chi connectivity index (χ1v) is 6.56. The van der Waals surface area contributed by atoms with Crippen LogP contribution >= 0.6 is 0 Å². The lowest BCUT2D eigenvalue weighted by atomic mass is 10.0. The molecular formula is C15H19FN2O2. The lowest BCUT2D eigenvalue weighted by Gasteiger charge is -2.17. The van der Waals surface area contributed by atoms with Gasteiger partial charge in [0.25, 0.3) is 0 Å². The number of halogens is 1. The van der Waals surface area contributed by atoms with Crippen LogP contribution in [0.2, 0.25) is 0 Å². The molecule has 0 radical (unpaired) electrons. The molecule has 0 aliphatic carbocycles. The van der Waals surface area contributed by atoms with E-state index in [1.165, 1.54) is 12.1 Å². The summed E-state index contributed by atoms with van der Waals surface area (Å²) < 4.78 is 19.9. The second-order valence-electron chi connectivity index (χ2n) is 4.98. The average molecular weight is 278 g/mol. The van der Waals surface area contributed by atoms with Gasteiger partial charge in [-0.15, -0.1) is 0 Å². The van der Waals surface area contributed by atoms with Crippen LogP contribution in [-0.2, 0) is 6.42 Å². The summed E-state index contributed by atoms with van der Waals surface area (Å²) in [7, 11) is 1.55. The SMILES string of the molecule is COc1cnn(C(C)C)c1C(O)Cc1ccc(F)cc1. The molecule has 0 aliphatic heterocycles. The van der Waals surface area contributed by atoms with Crippen LogP contribution in [-0.4, -0.2) is 22.0 Å². The third-order valence-corrected chi connectivity index (χ3v) is 3.17. The number of methoxy groups -OCH3 is 1. The maximum Gasteiger partial charge on any atom is 0.162 e. The summed E-state index contributed by atoms with van der Waals surface area (Å²) in [5, 5.41) is 14.7. The van der Waals surface area contributed by atoms with E-state index in [9.17, 15) is 9.50 Å². The van der Waals surface area contributed by atoms with Gasteiger partial charge >= 0.3 is 0 Å². The number of hydrogen-bond acceptors (Lipinski definition) is 3. The number of ether oxygens (including phenoxy) is 1. The van der Waals surface area contributed by atoms with Gasteiger partial charge in [0.15, 0.2) is 5.75 Å². The predicted molar refractivity (Wildman–Crippen MR) is 74.2 cm³/mol. The van der Waals surface area contributed by atoms with Gasteiger partial charge in [-0.2, -0.15) is 5.10 Å². The molecule has 4 nitrogen and oxygen atoms in total. The molecule has 0 amide bonds. The van der Waals surface area contributed by atoms with Crippen molar-refractivity contribution in [3.63, 3.8) is 0 Å². The number of benzene rings is 1. The molecule has 0 saturated carbocycles. The number of aliphatic hydroxyl groups is 1. The summed E-state index contributed by atoms with van der Waals surface area (Å²) in [6, 6.07) is 6.23. The highest BCUT2D eigenvalue weighted by Gasteiger charge is 2.21. The smallest absolute Gasteiger partial charge is 0.162 e. The van der Waals surface area contributed by atoms with Gasteiger partial charge in [0.2, 0.25) is 0 Å². The topological polar surface area (TPSA) is 47.3 Å². The summed E-state index contributed by atoms with van der Waals surface area (Å²) in [6.45, 7) is 3.97. The fraction of sp³-hybridized carbons (Fsp3) is 0.400. The van der Waals surface area contributed by atoms with E-state index in [4.69, 9.17) is 4.74 Å². The lowest BCUT2D eigenvalue weighted by molar-refractivity contribution is 0.160. The van der Waals surface area contributed by atoms with E-state index in [-0.39, 0.29) is 11.9 Å². The van der Waals surface area contributed by atoms with Gasteiger partial charge in [-0.3, -0.25) is 4.68 Å². The first-order chi connectivity index (χ1) is 9.52. The molecule has 0 saturated heterocycles. The van der Waals surface area contributed by atoms with Gasteiger partial charge in [0.05, 0.1) is 13.3 Å². The highest BCUT2D eigenvalue weighted by molar-refractivity contribution is 5.29. The molecule has 2 aromatic rings. The number of aliphatic hydroxyl groups excluding tert-OH is 1. The van der Waals surface area contributed by atoms with Crippen LogP contribution in [0.1, 0.15) is 37.3 Å². The molecule has 108 valence electrons. The van der Waals surface area contributed by atoms with Crippen molar-refractivity contribution in [3.05, 3.63) is 47.5 Å². The molecule has 0 aliphatic rings. The molecule has 5 heteroatoms. The van der Waals surface area contributed by atoms with Gasteiger partial charge in [-0.05, 0) is 31.5 Å². The Labute approximate surface area is 117 Å². The van der Waals surface area contributed by atoms with Crippen molar-refractivity contribution >= 4 is 0 Å². The highest BCUT2D eigenvalue weighted by atomic mass is 19.1. The Morgan fingerprint density at radius 2 is 1.95 bits per heavy atom. The highest BCUT2D eigenvalue weighted by Crippen LogP contribution is 2.29. The van der Waals surface area contributed by atoms with Gasteiger partial charge < -0.3 is 9.84 Å². The monoisotopic (exact) mass is 278 g/mol. The number of hydrogen-bond donors (Lipinski definition) is 1. The second kappa shape index (κ2) is 6.05. The number of nitrogens with zero attached hydrogens (tertiary/aromatic N) is 2. The minimum atomic E-state index is -0.750. The van der Waals surface area contributed by atoms with Gasteiger partial charge in [-0.1, -0.05) is 12.1 Å². The first-order valence-electron chi connectivity index (χ1n) is 6.56. The maximum absolute atomic E-state index is 12.9. The van der Waals surface area contributed by atoms with Crippen molar-refractivity contribution < 1.29 is 14.2 Å². The van der Waals surface area contributed by atoms with Gasteiger partial charge in [0, 0.05) is 12.5 Å². The van der Waals surface area contributed by atoms with Crippen molar-refractivity contribution in [1.82, 2.24) is 9.78 Å². The average Bonchev–Trinajstić information content (AvgIpc) is 2.85. The molecule has 1 aromatic carbocycles. The second-order valence-corrected chi connectivity index (χ2v) is 4.98. The maximum atomic E-state index is 12.9. The third-order valence-electron chi connectivity index (χ3n) is 3.17. The van der Waals surface area contributed by atoms with Crippen LogP contribution in [0.25, 0.3) is 0 Å². The van der Waals surface area contributed by atoms with E-state index in [1.54, 1.807) is 30.1 Å². The zero-order valence-electron chi connectivity index (χ0n) is 11.9. The van der Waals surface area contributed by atoms with Crippen LogP contribution in [0.3, 0.4) is 0 Å². The van der Waals surface area contributed by atoms with Crippen LogP contribution in [0.4, 0.5) is 4.39 Å². The lowest BCUT2D eigenvalue weighted by Crippen LogP contribution is -2.13. The Morgan fingerprint density at radius 3 is 2.50 bits per heavy atom. The molecule has 0 bridgehead atoms. The Morgan fingerprint density at radius 1 is 1.30 bits per heavy atom. The van der Waals surface area contributed by atoms with Crippen LogP contribution < -0.4 is 4.74 Å².